The number of fused-ring (bicyclic) bond motifs is 6. The van der Waals surface area contributed by atoms with Crippen molar-refractivity contribution < 1.29 is 59.9 Å². The third-order valence-corrected chi connectivity index (χ3v) is 13.7. The molecule has 60 heavy (non-hydrogen) atoms. The van der Waals surface area contributed by atoms with Crippen LogP contribution in [0, 0.1) is 11.8 Å². The maximum absolute atomic E-state index is 14.8. The molecule has 314 valence electrons. The van der Waals surface area contributed by atoms with Crippen LogP contribution >= 0.6 is 0 Å². The van der Waals surface area contributed by atoms with E-state index in [4.69, 9.17) is 9.47 Å². The second-order valence-corrected chi connectivity index (χ2v) is 16.7. The molecule has 0 bridgehead atoms. The van der Waals surface area contributed by atoms with Crippen molar-refractivity contribution in [2.24, 2.45) is 21.8 Å². The monoisotopic (exact) mass is 821 g/mol. The van der Waals surface area contributed by atoms with E-state index in [2.05, 4.69) is 22.1 Å². The van der Waals surface area contributed by atoms with Gasteiger partial charge in [0.25, 0.3) is 5.91 Å². The first kappa shape index (κ1) is 40.0. The molecule has 10 atom stereocenters. The molecule has 8 N–H and O–H groups in total. The van der Waals surface area contributed by atoms with Crippen molar-refractivity contribution in [1.29, 1.82) is 0 Å². The zero-order valence-electron chi connectivity index (χ0n) is 32.5. The van der Waals surface area contributed by atoms with Gasteiger partial charge in [0, 0.05) is 41.7 Å². The van der Waals surface area contributed by atoms with E-state index in [1.165, 1.54) is 35.9 Å². The van der Waals surface area contributed by atoms with Gasteiger partial charge in [-0.1, -0.05) is 55.3 Å². The Hall–Kier alpha value is -5.42. The predicted octanol–water partition coefficient (Wildman–Crippen LogP) is 2.85. The summed E-state index contributed by atoms with van der Waals surface area (Å²) in [6.45, 7) is -0.571. The maximum atomic E-state index is 14.8. The molecule has 2 fully saturated rings. The average Bonchev–Trinajstić information content (AvgIpc) is 3.98. The molecule has 3 aliphatic heterocycles. The normalized spacial score (nSPS) is 33.9. The number of anilines is 1. The van der Waals surface area contributed by atoms with Crippen LogP contribution in [0.1, 0.15) is 65.8 Å². The lowest BCUT2D eigenvalue weighted by Crippen LogP contribution is -2.67. The molecule has 6 aliphatic rings. The lowest BCUT2D eigenvalue weighted by atomic mass is 9.50. The minimum atomic E-state index is -3.11. The highest BCUT2D eigenvalue weighted by Gasteiger charge is 2.67. The van der Waals surface area contributed by atoms with Gasteiger partial charge < -0.3 is 50.3 Å². The SMILES string of the molecule is O=C(C=Cc1ccc(O)c(CC2=NCN=C2)c1)N1c2cc(OC3(O)OC(CO)C(O)C(O)C3O)c(O)cc2C2C(C34CCCCC3CCc3ccccc34)C=CC21C(=O)O. The van der Waals surface area contributed by atoms with Crippen LogP contribution in [-0.4, -0.2) is 114 Å². The van der Waals surface area contributed by atoms with Gasteiger partial charge in [-0.2, -0.15) is 0 Å². The van der Waals surface area contributed by atoms with Gasteiger partial charge in [0.1, 0.15) is 30.7 Å². The minimum Gasteiger partial charge on any atom is -0.508 e. The number of allylic oxidation sites excluding steroid dienone is 1. The highest BCUT2D eigenvalue weighted by atomic mass is 16.8. The fraction of sp³-hybridized carbons (Fsp3) is 0.422. The van der Waals surface area contributed by atoms with Gasteiger partial charge in [-0.3, -0.25) is 19.7 Å². The molecule has 9 rings (SSSR count). The van der Waals surface area contributed by atoms with E-state index in [0.717, 1.165) is 49.0 Å². The Morgan fingerprint density at radius 2 is 1.82 bits per heavy atom. The van der Waals surface area contributed by atoms with Crippen LogP contribution in [0.2, 0.25) is 0 Å². The molecule has 0 spiro atoms. The molecule has 15 nitrogen and oxygen atoms in total. The quantitative estimate of drug-likeness (QED) is 0.0883. The number of rotatable bonds is 9. The molecule has 3 aromatic carbocycles. The van der Waals surface area contributed by atoms with Gasteiger partial charge >= 0.3 is 11.9 Å². The molecule has 0 aromatic heterocycles. The maximum Gasteiger partial charge on any atom is 0.355 e. The van der Waals surface area contributed by atoms with Crippen LogP contribution in [0.4, 0.5) is 5.69 Å². The summed E-state index contributed by atoms with van der Waals surface area (Å²) in [5.41, 5.74) is 2.02. The van der Waals surface area contributed by atoms with Gasteiger partial charge in [-0.15, -0.1) is 0 Å². The second kappa shape index (κ2) is 14.9. The number of hydrogen-bond acceptors (Lipinski definition) is 13. The number of aliphatic hydroxyl groups excluding tert-OH is 4. The predicted molar refractivity (Wildman–Crippen MR) is 217 cm³/mol. The Morgan fingerprint density at radius 1 is 1.00 bits per heavy atom. The molecular formula is C45H47N3O12. The highest BCUT2D eigenvalue weighted by molar-refractivity contribution is 6.32. The van der Waals surface area contributed by atoms with Gasteiger partial charge in [-0.05, 0) is 84.0 Å². The van der Waals surface area contributed by atoms with Crippen LogP contribution in [0.5, 0.6) is 17.2 Å². The molecule has 3 aromatic rings. The Balaban J connectivity index is 1.17. The molecule has 10 unspecified atom stereocenters. The van der Waals surface area contributed by atoms with E-state index in [0.29, 0.717) is 35.5 Å². The molecule has 1 amide bonds. The zero-order valence-corrected chi connectivity index (χ0v) is 32.5. The fourth-order valence-electron chi connectivity index (χ4n) is 11.0. The van der Waals surface area contributed by atoms with E-state index in [-0.39, 0.29) is 17.4 Å². The van der Waals surface area contributed by atoms with E-state index in [1.807, 2.05) is 18.2 Å². The smallest absolute Gasteiger partial charge is 0.355 e. The van der Waals surface area contributed by atoms with Gasteiger partial charge in [0.2, 0.25) is 0 Å². The van der Waals surface area contributed by atoms with Crippen LogP contribution in [-0.2, 0) is 32.6 Å². The van der Waals surface area contributed by atoms with Crippen molar-refractivity contribution in [3.63, 3.8) is 0 Å². The third kappa shape index (κ3) is 6.09. The summed E-state index contributed by atoms with van der Waals surface area (Å²) < 4.78 is 11.0. The number of hydrogen-bond donors (Lipinski definition) is 8. The number of aliphatic carboxylic acids is 1. The first-order valence-electron chi connectivity index (χ1n) is 20.3. The number of phenolic OH excluding ortho intramolecular Hbond substituents is 2. The van der Waals surface area contributed by atoms with Crippen molar-refractivity contribution in [3.8, 4) is 17.2 Å². The molecule has 3 aliphatic carbocycles. The summed E-state index contributed by atoms with van der Waals surface area (Å²) >= 11 is 0. The topological polar surface area (TPSA) is 242 Å². The summed E-state index contributed by atoms with van der Waals surface area (Å²) in [4.78, 5) is 38.5. The largest absolute Gasteiger partial charge is 0.508 e. The average molecular weight is 822 g/mol. The number of carboxylic acid groups (broad SMARTS) is 1. The van der Waals surface area contributed by atoms with E-state index in [9.17, 15) is 50.4 Å². The van der Waals surface area contributed by atoms with E-state index < -0.39 is 83.2 Å². The summed E-state index contributed by atoms with van der Waals surface area (Å²) in [6, 6.07) is 15.6. The highest BCUT2D eigenvalue weighted by Crippen LogP contribution is 2.66. The molecule has 1 saturated heterocycles. The van der Waals surface area contributed by atoms with Gasteiger partial charge in [0.15, 0.2) is 23.1 Å². The Kier molecular flexibility index (Phi) is 9.96. The minimum absolute atomic E-state index is 0.0304. The van der Waals surface area contributed by atoms with Crippen molar-refractivity contribution in [2.75, 3.05) is 18.2 Å². The number of benzene rings is 3. The molecule has 0 radical (unpaired) electrons. The van der Waals surface area contributed by atoms with E-state index >= 15 is 0 Å². The lowest BCUT2D eigenvalue weighted by molar-refractivity contribution is -0.422. The van der Waals surface area contributed by atoms with Crippen LogP contribution < -0.4 is 9.64 Å². The van der Waals surface area contributed by atoms with Crippen LogP contribution in [0.25, 0.3) is 6.08 Å². The standard InChI is InChI=1S/C45H47N3O12/c49-22-36-39(53)40(54)41(55)45(58,60-36)59-35-20-32-29(19-34(35)51)38-31(43-15-4-3-6-27(43)11-10-25-5-1-2-7-30(25)43)14-16-44(38,42(56)57)48(32)37(52)13-9-24-8-12-33(50)26(17-24)18-28-21-46-23-47-28/h1-2,5,7-9,12-14,16-17,19-21,27,31,36,38-41,49-51,53-55,58H,3-4,6,10-11,15,18,22-23H2,(H,56,57). The van der Waals surface area contributed by atoms with Crippen LogP contribution in [0.3, 0.4) is 0 Å². The fourth-order valence-corrected chi connectivity index (χ4v) is 11.0. The van der Waals surface area contributed by atoms with Crippen molar-refractivity contribution in [2.45, 2.75) is 92.2 Å². The zero-order chi connectivity index (χ0) is 42.1. The number of nitrogens with zero attached hydrogens (tertiary/aromatic N) is 3. The summed E-state index contributed by atoms with van der Waals surface area (Å²) in [5, 5.41) is 86.5. The molecule has 1 saturated carbocycles. The Labute approximate surface area is 344 Å². The summed E-state index contributed by atoms with van der Waals surface area (Å²) in [5.74, 6) is -7.39. The Morgan fingerprint density at radius 3 is 2.58 bits per heavy atom. The number of aliphatic imine (C=N–C) groups is 2. The number of amides is 1. The number of carbonyl (C=O) groups excluding carboxylic acids is 1. The van der Waals surface area contributed by atoms with Gasteiger partial charge in [-0.25, -0.2) is 4.79 Å². The summed E-state index contributed by atoms with van der Waals surface area (Å²) in [7, 11) is 0. The number of carboxylic acids is 1. The van der Waals surface area contributed by atoms with Gasteiger partial charge in [0.05, 0.1) is 18.0 Å². The number of aryl methyl sites for hydroxylation is 1. The third-order valence-electron chi connectivity index (χ3n) is 13.7. The number of ether oxygens (including phenoxy) is 2. The number of phenols is 2. The molecule has 15 heteroatoms. The molecule has 3 heterocycles. The van der Waals surface area contributed by atoms with E-state index in [1.54, 1.807) is 24.4 Å². The second-order valence-electron chi connectivity index (χ2n) is 16.7. The number of carbonyl (C=O) groups is 2. The van der Waals surface area contributed by atoms with Crippen LogP contribution in [0.15, 0.2) is 82.8 Å². The molecular weight excluding hydrogens is 775 g/mol. The first-order valence-corrected chi connectivity index (χ1v) is 20.3. The number of aromatic hydroxyl groups is 2. The van der Waals surface area contributed by atoms with Crippen molar-refractivity contribution in [1.82, 2.24) is 0 Å². The Bertz CT molecular complexity index is 2360. The van der Waals surface area contributed by atoms with Crippen molar-refractivity contribution >= 4 is 35.6 Å². The number of aliphatic hydroxyl groups is 5. The van der Waals surface area contributed by atoms with Crippen molar-refractivity contribution in [3.05, 3.63) is 101 Å². The summed E-state index contributed by atoms with van der Waals surface area (Å²) in [6.07, 6.45) is 5.96. The first-order chi connectivity index (χ1) is 28.8. The lowest BCUT2D eigenvalue weighted by Gasteiger charge is -2.54.